The van der Waals surface area contributed by atoms with Gasteiger partial charge in [0.15, 0.2) is 0 Å². The molecule has 0 aliphatic heterocycles. The fourth-order valence-corrected chi connectivity index (χ4v) is 2.97. The van der Waals surface area contributed by atoms with Crippen LogP contribution in [0.2, 0.25) is 5.02 Å². The Bertz CT molecular complexity index is 761. The van der Waals surface area contributed by atoms with Crippen LogP contribution in [0, 0.1) is 30.3 Å². The molecule has 0 unspecified atom stereocenters. The Morgan fingerprint density at radius 1 is 1.57 bits per heavy atom. The summed E-state index contributed by atoms with van der Waals surface area (Å²) in [7, 11) is 1.24. The van der Waals surface area contributed by atoms with E-state index in [9.17, 15) is 14.4 Å². The summed E-state index contributed by atoms with van der Waals surface area (Å²) in [6, 6.07) is 1.93. The monoisotopic (exact) mass is 327 g/mol. The van der Waals surface area contributed by atoms with Crippen LogP contribution in [0.1, 0.15) is 21.8 Å². The number of carbonyl (C=O) groups excluding carboxylic acids is 1. The van der Waals surface area contributed by atoms with Crippen molar-refractivity contribution in [2.45, 2.75) is 20.3 Å². The number of hydrogen-bond acceptors (Lipinski definition) is 5. The number of halogens is 2. The largest absolute Gasteiger partial charge is 0.469 e. The van der Waals surface area contributed by atoms with E-state index in [2.05, 4.69) is 9.84 Å². The van der Waals surface area contributed by atoms with E-state index in [0.29, 0.717) is 21.3 Å². The molecular formula is C13H11ClFN3O2S. The van der Waals surface area contributed by atoms with Crippen LogP contribution in [-0.2, 0) is 16.0 Å². The average molecular weight is 328 g/mol. The topological polar surface area (TPSA) is 67.9 Å². The van der Waals surface area contributed by atoms with Crippen molar-refractivity contribution in [2.75, 3.05) is 7.11 Å². The molecule has 0 fully saturated rings. The van der Waals surface area contributed by atoms with Gasteiger partial charge in [-0.1, -0.05) is 11.6 Å². The van der Waals surface area contributed by atoms with Crippen LogP contribution in [0.25, 0.3) is 5.69 Å². The first-order valence-corrected chi connectivity index (χ1v) is 7.10. The molecule has 110 valence electrons. The minimum Gasteiger partial charge on any atom is -0.469 e. The highest BCUT2D eigenvalue weighted by Crippen LogP contribution is 2.33. The molecule has 0 atom stereocenters. The van der Waals surface area contributed by atoms with Gasteiger partial charge >= 0.3 is 5.97 Å². The fourth-order valence-electron chi connectivity index (χ4n) is 1.91. The van der Waals surface area contributed by atoms with Gasteiger partial charge in [0, 0.05) is 4.88 Å². The minimum atomic E-state index is -0.590. The number of aromatic nitrogens is 2. The molecule has 2 heterocycles. The van der Waals surface area contributed by atoms with E-state index < -0.39 is 11.1 Å². The molecule has 0 N–H and O–H groups in total. The second-order valence-corrected chi connectivity index (χ2v) is 5.72. The maximum Gasteiger partial charge on any atom is 0.310 e. The zero-order chi connectivity index (χ0) is 15.7. The summed E-state index contributed by atoms with van der Waals surface area (Å²) in [5.74, 6) is -0.536. The molecule has 0 saturated heterocycles. The van der Waals surface area contributed by atoms with Gasteiger partial charge < -0.3 is 4.74 Å². The van der Waals surface area contributed by atoms with E-state index >= 15 is 0 Å². The van der Waals surface area contributed by atoms with Crippen LogP contribution >= 0.6 is 22.9 Å². The van der Waals surface area contributed by atoms with Crippen molar-refractivity contribution >= 4 is 28.9 Å². The van der Waals surface area contributed by atoms with Gasteiger partial charge in [-0.15, -0.1) is 11.3 Å². The van der Waals surface area contributed by atoms with Crippen molar-refractivity contribution in [1.82, 2.24) is 9.78 Å². The molecule has 0 radical (unpaired) electrons. The van der Waals surface area contributed by atoms with Gasteiger partial charge in [0.1, 0.15) is 11.8 Å². The molecule has 0 bridgehead atoms. The molecule has 0 aromatic carbocycles. The molecule has 0 aliphatic rings. The summed E-state index contributed by atoms with van der Waals surface area (Å²) in [4.78, 5) is 11.6. The average Bonchev–Trinajstić information content (AvgIpc) is 2.89. The molecule has 5 nitrogen and oxygen atoms in total. The SMILES string of the molecule is COC(=O)Cc1sc(F)c(-n2nc(C)c(Cl)c2C)c1C#N. The Hall–Kier alpha value is -1.91. The minimum absolute atomic E-state index is 0.0221. The fraction of sp³-hybridized carbons (Fsp3) is 0.308. The lowest BCUT2D eigenvalue weighted by molar-refractivity contribution is -0.139. The van der Waals surface area contributed by atoms with Gasteiger partial charge in [-0.2, -0.15) is 14.8 Å². The van der Waals surface area contributed by atoms with E-state index in [1.807, 2.05) is 6.07 Å². The Labute approximate surface area is 129 Å². The predicted octanol–water partition coefficient (Wildman–Crippen LogP) is 2.93. The van der Waals surface area contributed by atoms with Gasteiger partial charge in [0.2, 0.25) is 5.13 Å². The zero-order valence-electron chi connectivity index (χ0n) is 11.5. The lowest BCUT2D eigenvalue weighted by Crippen LogP contribution is -2.06. The molecule has 0 saturated carbocycles. The first-order valence-electron chi connectivity index (χ1n) is 5.90. The third-order valence-corrected chi connectivity index (χ3v) is 4.49. The van der Waals surface area contributed by atoms with E-state index in [0.717, 1.165) is 11.3 Å². The number of carbonyl (C=O) groups is 1. The highest BCUT2D eigenvalue weighted by Gasteiger charge is 2.24. The molecule has 2 rings (SSSR count). The highest BCUT2D eigenvalue weighted by atomic mass is 35.5. The normalized spacial score (nSPS) is 10.5. The molecule has 0 aliphatic carbocycles. The summed E-state index contributed by atoms with van der Waals surface area (Å²) in [6.07, 6.45) is -0.159. The van der Waals surface area contributed by atoms with Crippen molar-refractivity contribution in [3.8, 4) is 11.8 Å². The number of methoxy groups -OCH3 is 1. The number of rotatable bonds is 3. The molecule has 0 amide bonds. The number of hydrogen-bond donors (Lipinski definition) is 0. The van der Waals surface area contributed by atoms with Crippen LogP contribution in [-0.4, -0.2) is 22.9 Å². The summed E-state index contributed by atoms with van der Waals surface area (Å²) < 4.78 is 20.1. The molecule has 21 heavy (non-hydrogen) atoms. The summed E-state index contributed by atoms with van der Waals surface area (Å²) in [6.45, 7) is 3.37. The van der Waals surface area contributed by atoms with Crippen molar-refractivity contribution in [3.63, 3.8) is 0 Å². The Morgan fingerprint density at radius 3 is 2.71 bits per heavy atom. The van der Waals surface area contributed by atoms with Crippen LogP contribution < -0.4 is 0 Å². The molecular weight excluding hydrogens is 317 g/mol. The maximum atomic E-state index is 14.2. The molecule has 2 aromatic rings. The van der Waals surface area contributed by atoms with Crippen LogP contribution in [0.5, 0.6) is 0 Å². The Morgan fingerprint density at radius 2 is 2.24 bits per heavy atom. The second kappa shape index (κ2) is 5.84. The second-order valence-electron chi connectivity index (χ2n) is 4.28. The third-order valence-electron chi connectivity index (χ3n) is 2.97. The molecule has 0 spiro atoms. The Kier molecular flexibility index (Phi) is 4.30. The summed E-state index contributed by atoms with van der Waals surface area (Å²) in [5, 5.41) is 13.3. The van der Waals surface area contributed by atoms with Gasteiger partial charge in [0.25, 0.3) is 0 Å². The number of ether oxygens (including phenoxy) is 1. The first-order chi connectivity index (χ1) is 9.90. The van der Waals surface area contributed by atoms with Crippen LogP contribution in [0.4, 0.5) is 4.39 Å². The smallest absolute Gasteiger partial charge is 0.310 e. The quantitative estimate of drug-likeness (QED) is 0.813. The first kappa shape index (κ1) is 15.5. The Balaban J connectivity index is 2.62. The summed E-state index contributed by atoms with van der Waals surface area (Å²) >= 11 is 6.78. The van der Waals surface area contributed by atoms with Crippen molar-refractivity contribution < 1.29 is 13.9 Å². The van der Waals surface area contributed by atoms with Crippen LogP contribution in [0.3, 0.4) is 0 Å². The van der Waals surface area contributed by atoms with Crippen molar-refractivity contribution in [3.05, 3.63) is 32.0 Å². The van der Waals surface area contributed by atoms with E-state index in [1.165, 1.54) is 11.8 Å². The van der Waals surface area contributed by atoms with Gasteiger partial charge in [-0.25, -0.2) is 4.68 Å². The highest BCUT2D eigenvalue weighted by molar-refractivity contribution is 7.11. The third kappa shape index (κ3) is 2.64. The maximum absolute atomic E-state index is 14.2. The standard InChI is InChI=1S/C13H11ClFN3O2S/c1-6-11(14)7(2)18(17-6)12-8(5-16)9(21-13(12)15)4-10(19)20-3/h4H2,1-3H3. The van der Waals surface area contributed by atoms with Crippen molar-refractivity contribution in [2.24, 2.45) is 0 Å². The van der Waals surface area contributed by atoms with Gasteiger partial charge in [0.05, 0.1) is 35.5 Å². The van der Waals surface area contributed by atoms with E-state index in [4.69, 9.17) is 11.6 Å². The number of aryl methyl sites for hydroxylation is 1. The van der Waals surface area contributed by atoms with Gasteiger partial charge in [-0.3, -0.25) is 4.79 Å². The zero-order valence-corrected chi connectivity index (χ0v) is 13.1. The summed E-state index contributed by atoms with van der Waals surface area (Å²) in [5.41, 5.74) is 1.17. The van der Waals surface area contributed by atoms with Crippen LogP contribution in [0.15, 0.2) is 0 Å². The lowest BCUT2D eigenvalue weighted by atomic mass is 10.2. The number of nitrogens with zero attached hydrogens (tertiary/aromatic N) is 3. The van der Waals surface area contributed by atoms with Gasteiger partial charge in [-0.05, 0) is 13.8 Å². The van der Waals surface area contributed by atoms with E-state index in [-0.39, 0.29) is 17.7 Å². The number of nitriles is 1. The molecule has 8 heteroatoms. The predicted molar refractivity (Wildman–Crippen MR) is 76.3 cm³/mol. The number of esters is 1. The number of thiophene rings is 1. The lowest BCUT2D eigenvalue weighted by Gasteiger charge is -2.03. The van der Waals surface area contributed by atoms with E-state index in [1.54, 1.807) is 13.8 Å². The molecule has 2 aromatic heterocycles. The van der Waals surface area contributed by atoms with Crippen molar-refractivity contribution in [1.29, 1.82) is 5.26 Å².